The van der Waals surface area contributed by atoms with Gasteiger partial charge < -0.3 is 29.9 Å². The molecule has 2 atom stereocenters. The van der Waals surface area contributed by atoms with E-state index in [-0.39, 0.29) is 26.4 Å². The second-order valence-corrected chi connectivity index (χ2v) is 3.28. The normalized spacial score (nSPS) is 12.8. The third kappa shape index (κ3) is 17.2. The Labute approximate surface area is 105 Å². The predicted octanol–water partition coefficient (Wildman–Crippen LogP) is -2.19. The van der Waals surface area contributed by atoms with E-state index in [9.17, 15) is 9.59 Å². The molecule has 0 rings (SSSR count). The average molecular weight is 268 g/mol. The Balaban J connectivity index is 0. The first-order valence-corrected chi connectivity index (χ1v) is 5.18. The zero-order chi connectivity index (χ0) is 14.6. The molecule has 0 heterocycles. The van der Waals surface area contributed by atoms with Gasteiger partial charge in [-0.2, -0.15) is 0 Å². The molecule has 0 amide bonds. The Morgan fingerprint density at radius 2 is 1.17 bits per heavy atom. The van der Waals surface area contributed by atoms with Crippen LogP contribution < -0.4 is 0 Å². The van der Waals surface area contributed by atoms with Crippen molar-refractivity contribution in [1.29, 1.82) is 0 Å². The highest BCUT2D eigenvalue weighted by Gasteiger charge is 2.02. The minimum Gasteiger partial charge on any atom is -0.463 e. The summed E-state index contributed by atoms with van der Waals surface area (Å²) in [6.07, 6.45) is -1.90. The highest BCUT2D eigenvalue weighted by molar-refractivity contribution is 5.66. The topological polar surface area (TPSA) is 134 Å². The summed E-state index contributed by atoms with van der Waals surface area (Å²) in [6, 6.07) is 0. The van der Waals surface area contributed by atoms with E-state index in [2.05, 4.69) is 9.47 Å². The van der Waals surface area contributed by atoms with Crippen molar-refractivity contribution in [2.75, 3.05) is 26.4 Å². The largest absolute Gasteiger partial charge is 0.463 e. The van der Waals surface area contributed by atoms with Crippen molar-refractivity contribution in [2.45, 2.75) is 26.1 Å². The fourth-order valence-electron chi connectivity index (χ4n) is 0.533. The molecule has 0 aliphatic rings. The van der Waals surface area contributed by atoms with Crippen molar-refractivity contribution in [2.24, 2.45) is 0 Å². The molecule has 0 spiro atoms. The molecule has 0 aromatic heterocycles. The van der Waals surface area contributed by atoms with Gasteiger partial charge in [0.2, 0.25) is 0 Å². The van der Waals surface area contributed by atoms with Crippen molar-refractivity contribution in [3.05, 3.63) is 0 Å². The van der Waals surface area contributed by atoms with Crippen LogP contribution in [0.1, 0.15) is 13.8 Å². The molecule has 8 nitrogen and oxygen atoms in total. The van der Waals surface area contributed by atoms with E-state index in [0.717, 1.165) is 0 Å². The Morgan fingerprint density at radius 1 is 0.889 bits per heavy atom. The molecular formula is C10H20O8. The molecule has 0 aromatic rings. The van der Waals surface area contributed by atoms with Gasteiger partial charge in [0.05, 0.1) is 13.2 Å². The van der Waals surface area contributed by atoms with Crippen LogP contribution in [-0.2, 0) is 19.1 Å². The third-order valence-electron chi connectivity index (χ3n) is 1.38. The van der Waals surface area contributed by atoms with Gasteiger partial charge in [-0.15, -0.1) is 0 Å². The summed E-state index contributed by atoms with van der Waals surface area (Å²) in [6.45, 7) is 1.45. The second kappa shape index (κ2) is 12.2. The molecule has 0 aromatic carbocycles. The molecule has 8 heteroatoms. The van der Waals surface area contributed by atoms with Crippen LogP contribution in [0.15, 0.2) is 0 Å². The molecule has 2 unspecified atom stereocenters. The lowest BCUT2D eigenvalue weighted by atomic mass is 10.4. The molecule has 0 fully saturated rings. The Kier molecular flexibility index (Phi) is 13.0. The van der Waals surface area contributed by atoms with E-state index in [4.69, 9.17) is 20.4 Å². The first-order valence-electron chi connectivity index (χ1n) is 5.18. The molecule has 0 radical (unpaired) electrons. The molecule has 0 aliphatic heterocycles. The third-order valence-corrected chi connectivity index (χ3v) is 1.38. The average Bonchev–Trinajstić information content (AvgIpc) is 2.33. The van der Waals surface area contributed by atoms with E-state index in [0.29, 0.717) is 0 Å². The van der Waals surface area contributed by atoms with Gasteiger partial charge in [-0.05, 0) is 0 Å². The Bertz CT molecular complexity index is 206. The maximum absolute atomic E-state index is 10.0. The van der Waals surface area contributed by atoms with Crippen molar-refractivity contribution in [1.82, 2.24) is 0 Å². The van der Waals surface area contributed by atoms with Crippen molar-refractivity contribution in [3.63, 3.8) is 0 Å². The number of carbonyl (C=O) groups excluding carboxylic acids is 2. The van der Waals surface area contributed by atoms with Gasteiger partial charge in [0.15, 0.2) is 0 Å². The number of rotatable bonds is 6. The summed E-state index contributed by atoms with van der Waals surface area (Å²) in [5.41, 5.74) is 0. The van der Waals surface area contributed by atoms with Crippen LogP contribution in [0, 0.1) is 0 Å². The van der Waals surface area contributed by atoms with Crippen LogP contribution in [0.2, 0.25) is 0 Å². The maximum atomic E-state index is 10.0. The zero-order valence-corrected chi connectivity index (χ0v) is 10.4. The van der Waals surface area contributed by atoms with Crippen LogP contribution in [0.5, 0.6) is 0 Å². The van der Waals surface area contributed by atoms with Crippen LogP contribution in [0.3, 0.4) is 0 Å². The van der Waals surface area contributed by atoms with Gasteiger partial charge in [-0.3, -0.25) is 9.59 Å². The lowest BCUT2D eigenvalue weighted by Crippen LogP contribution is -2.20. The van der Waals surface area contributed by atoms with Gasteiger partial charge in [0.25, 0.3) is 0 Å². The predicted molar refractivity (Wildman–Crippen MR) is 59.5 cm³/mol. The summed E-state index contributed by atoms with van der Waals surface area (Å²) in [4.78, 5) is 20.1. The van der Waals surface area contributed by atoms with E-state index in [1.807, 2.05) is 0 Å². The van der Waals surface area contributed by atoms with Gasteiger partial charge in [-0.1, -0.05) is 0 Å². The zero-order valence-electron chi connectivity index (χ0n) is 10.4. The minimum atomic E-state index is -0.950. The van der Waals surface area contributed by atoms with Gasteiger partial charge in [0.1, 0.15) is 25.4 Å². The number of ether oxygens (including phenoxy) is 2. The SMILES string of the molecule is CC(=O)OCC(O)CO.CC(=O)OCC(O)CO. The van der Waals surface area contributed by atoms with E-state index in [1.54, 1.807) is 0 Å². The summed E-state index contributed by atoms with van der Waals surface area (Å²) < 4.78 is 8.69. The summed E-state index contributed by atoms with van der Waals surface area (Å²) in [5.74, 6) is -0.912. The molecular weight excluding hydrogens is 248 g/mol. The highest BCUT2D eigenvalue weighted by atomic mass is 16.5. The van der Waals surface area contributed by atoms with E-state index >= 15 is 0 Å². The molecule has 108 valence electrons. The van der Waals surface area contributed by atoms with Crippen molar-refractivity contribution >= 4 is 11.9 Å². The fraction of sp³-hybridized carbons (Fsp3) is 0.800. The van der Waals surface area contributed by atoms with Gasteiger partial charge in [-0.25, -0.2) is 0 Å². The monoisotopic (exact) mass is 268 g/mol. The molecule has 4 N–H and O–H groups in total. The molecule has 18 heavy (non-hydrogen) atoms. The Hall–Kier alpha value is -1.22. The maximum Gasteiger partial charge on any atom is 0.302 e. The van der Waals surface area contributed by atoms with Crippen LogP contribution in [0.25, 0.3) is 0 Å². The summed E-state index contributed by atoms with van der Waals surface area (Å²) in [7, 11) is 0. The lowest BCUT2D eigenvalue weighted by Gasteiger charge is -2.05. The van der Waals surface area contributed by atoms with Crippen LogP contribution in [-0.4, -0.2) is 71.0 Å². The number of hydrogen-bond donors (Lipinski definition) is 4. The second-order valence-electron chi connectivity index (χ2n) is 3.28. The summed E-state index contributed by atoms with van der Waals surface area (Å²) in [5, 5.41) is 33.6. The molecule has 0 saturated heterocycles. The molecule has 0 saturated carbocycles. The smallest absolute Gasteiger partial charge is 0.302 e. The highest BCUT2D eigenvalue weighted by Crippen LogP contribution is 1.83. The number of hydrogen-bond acceptors (Lipinski definition) is 8. The van der Waals surface area contributed by atoms with E-state index < -0.39 is 24.1 Å². The lowest BCUT2D eigenvalue weighted by molar-refractivity contribution is -0.145. The molecule has 0 aliphatic carbocycles. The standard InChI is InChI=1S/2C5H10O4/c2*1-4(7)9-3-5(8)2-6/h2*5-6,8H,2-3H2,1H3. The summed E-state index contributed by atoms with van der Waals surface area (Å²) >= 11 is 0. The van der Waals surface area contributed by atoms with Crippen molar-refractivity contribution < 1.29 is 39.5 Å². The van der Waals surface area contributed by atoms with Gasteiger partial charge in [0, 0.05) is 13.8 Å². The number of esters is 2. The molecule has 0 bridgehead atoms. The van der Waals surface area contributed by atoms with Crippen LogP contribution >= 0.6 is 0 Å². The quantitative estimate of drug-likeness (QED) is 0.399. The van der Waals surface area contributed by atoms with Gasteiger partial charge >= 0.3 is 11.9 Å². The Morgan fingerprint density at radius 3 is 1.33 bits per heavy atom. The number of aliphatic hydroxyl groups is 4. The number of carbonyl (C=O) groups is 2. The van der Waals surface area contributed by atoms with Crippen molar-refractivity contribution in [3.8, 4) is 0 Å². The van der Waals surface area contributed by atoms with E-state index in [1.165, 1.54) is 13.8 Å². The first-order chi connectivity index (χ1) is 8.33. The fourth-order valence-corrected chi connectivity index (χ4v) is 0.533. The van der Waals surface area contributed by atoms with Crippen LogP contribution in [0.4, 0.5) is 0 Å². The minimum absolute atomic E-state index is 0.133. The number of aliphatic hydroxyl groups excluding tert-OH is 4. The first kappa shape index (κ1) is 19.1.